The number of sulfonamides is 1. The lowest BCUT2D eigenvalue weighted by molar-refractivity contribution is 0.0574. The Hall–Kier alpha value is -0.820. The standard InChI is InChI=1S/C19H29ClN2O3S/c1-3-26(23,24)21(2)14-15-11-18(12-15)25-17-8-6-7-16(13-17)19(20)22-9-4-5-10-22/h6-8,13,15,18-19H,3-5,9-12,14H2,1-2H3. The average molecular weight is 401 g/mol. The van der Waals surface area contributed by atoms with Crippen molar-refractivity contribution in [2.45, 2.75) is 44.2 Å². The second kappa shape index (κ2) is 8.46. The molecule has 5 nitrogen and oxygen atoms in total. The Bertz CT molecular complexity index is 700. The van der Waals surface area contributed by atoms with Crippen molar-refractivity contribution in [1.29, 1.82) is 0 Å². The summed E-state index contributed by atoms with van der Waals surface area (Å²) in [6.45, 7) is 4.36. The summed E-state index contributed by atoms with van der Waals surface area (Å²) in [6.07, 6.45) is 4.37. The Morgan fingerprint density at radius 3 is 2.65 bits per heavy atom. The predicted molar refractivity (Wildman–Crippen MR) is 105 cm³/mol. The Kier molecular flexibility index (Phi) is 6.49. The molecule has 1 aromatic carbocycles. The number of hydrogen-bond donors (Lipinski definition) is 0. The van der Waals surface area contributed by atoms with Gasteiger partial charge in [-0.3, -0.25) is 4.90 Å². The van der Waals surface area contributed by atoms with Crippen LogP contribution in [-0.4, -0.2) is 56.2 Å². The number of likely N-dealkylation sites (tertiary alicyclic amines) is 1. The minimum atomic E-state index is -3.10. The van der Waals surface area contributed by atoms with E-state index in [1.165, 1.54) is 17.1 Å². The zero-order chi connectivity index (χ0) is 18.7. The molecule has 26 heavy (non-hydrogen) atoms. The predicted octanol–water partition coefficient (Wildman–Crippen LogP) is 3.46. The number of alkyl halides is 1. The first-order chi connectivity index (χ1) is 12.4. The van der Waals surface area contributed by atoms with Gasteiger partial charge in [0, 0.05) is 13.6 Å². The molecule has 1 saturated carbocycles. The van der Waals surface area contributed by atoms with Crippen molar-refractivity contribution in [3.05, 3.63) is 29.8 Å². The molecule has 0 aromatic heterocycles. The molecule has 7 heteroatoms. The summed E-state index contributed by atoms with van der Waals surface area (Å²) in [5.74, 6) is 1.38. The Balaban J connectivity index is 1.49. The highest BCUT2D eigenvalue weighted by Crippen LogP contribution is 2.34. The van der Waals surface area contributed by atoms with Gasteiger partial charge in [-0.25, -0.2) is 12.7 Å². The van der Waals surface area contributed by atoms with Crippen LogP contribution >= 0.6 is 11.6 Å². The molecule has 1 aliphatic heterocycles. The molecule has 3 rings (SSSR count). The lowest BCUT2D eigenvalue weighted by Crippen LogP contribution is -2.42. The monoisotopic (exact) mass is 400 g/mol. The summed E-state index contributed by atoms with van der Waals surface area (Å²) in [5.41, 5.74) is 0.985. The number of hydrogen-bond acceptors (Lipinski definition) is 4. The highest BCUT2D eigenvalue weighted by atomic mass is 35.5. The fourth-order valence-corrected chi connectivity index (χ4v) is 4.93. The molecule has 0 bridgehead atoms. The Morgan fingerprint density at radius 1 is 1.31 bits per heavy atom. The van der Waals surface area contributed by atoms with Gasteiger partial charge in [0.15, 0.2) is 0 Å². The van der Waals surface area contributed by atoms with Crippen LogP contribution in [0.5, 0.6) is 5.75 Å². The van der Waals surface area contributed by atoms with Gasteiger partial charge >= 0.3 is 0 Å². The minimum absolute atomic E-state index is 0.0944. The van der Waals surface area contributed by atoms with E-state index in [-0.39, 0.29) is 17.4 Å². The van der Waals surface area contributed by atoms with Crippen molar-refractivity contribution in [3.63, 3.8) is 0 Å². The van der Waals surface area contributed by atoms with Crippen molar-refractivity contribution in [3.8, 4) is 5.75 Å². The zero-order valence-electron chi connectivity index (χ0n) is 15.6. The molecule has 2 fully saturated rings. The van der Waals surface area contributed by atoms with Crippen molar-refractivity contribution in [2.75, 3.05) is 32.4 Å². The molecule has 146 valence electrons. The molecule has 0 N–H and O–H groups in total. The molecule has 1 unspecified atom stereocenters. The van der Waals surface area contributed by atoms with Gasteiger partial charge in [0.05, 0.1) is 11.9 Å². The van der Waals surface area contributed by atoms with E-state index in [0.29, 0.717) is 12.5 Å². The van der Waals surface area contributed by atoms with E-state index in [2.05, 4.69) is 11.0 Å². The number of benzene rings is 1. The molecule has 2 aliphatic rings. The highest BCUT2D eigenvalue weighted by Gasteiger charge is 2.33. The topological polar surface area (TPSA) is 49.9 Å². The third kappa shape index (κ3) is 4.71. The van der Waals surface area contributed by atoms with Gasteiger partial charge in [0.25, 0.3) is 0 Å². The quantitative estimate of drug-likeness (QED) is 0.495. The van der Waals surface area contributed by atoms with Gasteiger partial charge in [0.2, 0.25) is 10.0 Å². The molecule has 1 aliphatic carbocycles. The van der Waals surface area contributed by atoms with Gasteiger partial charge < -0.3 is 4.74 Å². The Morgan fingerprint density at radius 2 is 2.00 bits per heavy atom. The van der Waals surface area contributed by atoms with Crippen LogP contribution in [0, 0.1) is 5.92 Å². The molecule has 0 radical (unpaired) electrons. The van der Waals surface area contributed by atoms with Crippen LogP contribution in [0.2, 0.25) is 0 Å². The van der Waals surface area contributed by atoms with Crippen LogP contribution in [0.1, 0.15) is 43.7 Å². The second-order valence-electron chi connectivity index (χ2n) is 7.41. The first kappa shape index (κ1) is 19.9. The van der Waals surface area contributed by atoms with E-state index < -0.39 is 10.0 Å². The second-order valence-corrected chi connectivity index (χ2v) is 10.2. The van der Waals surface area contributed by atoms with E-state index in [0.717, 1.165) is 37.2 Å². The maximum atomic E-state index is 11.8. The molecule has 1 saturated heterocycles. The number of ether oxygens (including phenoxy) is 1. The first-order valence-electron chi connectivity index (χ1n) is 9.48. The van der Waals surface area contributed by atoms with E-state index in [4.69, 9.17) is 16.3 Å². The largest absolute Gasteiger partial charge is 0.490 e. The van der Waals surface area contributed by atoms with Gasteiger partial charge in [-0.15, -0.1) is 11.6 Å². The summed E-state index contributed by atoms with van der Waals surface area (Å²) < 4.78 is 31.2. The highest BCUT2D eigenvalue weighted by molar-refractivity contribution is 7.89. The fraction of sp³-hybridized carbons (Fsp3) is 0.684. The van der Waals surface area contributed by atoms with Crippen LogP contribution < -0.4 is 4.74 Å². The third-order valence-corrected chi connectivity index (χ3v) is 7.80. The van der Waals surface area contributed by atoms with Crippen molar-refractivity contribution < 1.29 is 13.2 Å². The third-order valence-electron chi connectivity index (χ3n) is 5.44. The van der Waals surface area contributed by atoms with Gasteiger partial charge in [-0.2, -0.15) is 0 Å². The molecule has 1 heterocycles. The molecule has 1 aromatic rings. The number of rotatable bonds is 8. The SMILES string of the molecule is CCS(=O)(=O)N(C)CC1CC(Oc2cccc(C(Cl)N3CCCC3)c2)C1. The average Bonchev–Trinajstić information content (AvgIpc) is 3.13. The maximum Gasteiger partial charge on any atom is 0.213 e. The molecular formula is C19H29ClN2O3S. The van der Waals surface area contributed by atoms with Gasteiger partial charge in [-0.1, -0.05) is 12.1 Å². The van der Waals surface area contributed by atoms with Gasteiger partial charge in [0.1, 0.15) is 11.3 Å². The Labute approximate surface area is 162 Å². The summed E-state index contributed by atoms with van der Waals surface area (Å²) in [6, 6.07) is 8.06. The first-order valence-corrected chi connectivity index (χ1v) is 11.5. The lowest BCUT2D eigenvalue weighted by atomic mass is 9.82. The molecule has 1 atom stereocenters. The summed E-state index contributed by atoms with van der Waals surface area (Å²) in [4.78, 5) is 2.30. The summed E-state index contributed by atoms with van der Waals surface area (Å²) in [5, 5.41) is 0. The zero-order valence-corrected chi connectivity index (χ0v) is 17.2. The van der Waals surface area contributed by atoms with E-state index in [1.54, 1.807) is 14.0 Å². The number of nitrogens with zero attached hydrogens (tertiary/aromatic N) is 2. The summed E-state index contributed by atoms with van der Waals surface area (Å²) >= 11 is 6.61. The minimum Gasteiger partial charge on any atom is -0.490 e. The smallest absolute Gasteiger partial charge is 0.213 e. The van der Waals surface area contributed by atoms with Crippen LogP contribution in [0.25, 0.3) is 0 Å². The van der Waals surface area contributed by atoms with E-state index in [9.17, 15) is 8.42 Å². The molecule has 0 amide bonds. The van der Waals surface area contributed by atoms with Crippen molar-refractivity contribution in [2.24, 2.45) is 5.92 Å². The molecular weight excluding hydrogens is 372 g/mol. The molecule has 0 spiro atoms. The van der Waals surface area contributed by atoms with Crippen LogP contribution in [0.3, 0.4) is 0 Å². The van der Waals surface area contributed by atoms with E-state index in [1.807, 2.05) is 18.2 Å². The van der Waals surface area contributed by atoms with Crippen LogP contribution in [0.15, 0.2) is 24.3 Å². The summed E-state index contributed by atoms with van der Waals surface area (Å²) in [7, 11) is -1.43. The van der Waals surface area contributed by atoms with Crippen LogP contribution in [-0.2, 0) is 10.0 Å². The number of halogens is 1. The normalized spacial score (nSPS) is 25.2. The van der Waals surface area contributed by atoms with Crippen molar-refractivity contribution in [1.82, 2.24) is 9.21 Å². The van der Waals surface area contributed by atoms with Crippen molar-refractivity contribution >= 4 is 21.6 Å². The van der Waals surface area contributed by atoms with E-state index >= 15 is 0 Å². The lowest BCUT2D eigenvalue weighted by Gasteiger charge is -2.37. The van der Waals surface area contributed by atoms with Gasteiger partial charge in [-0.05, 0) is 69.3 Å². The van der Waals surface area contributed by atoms with Crippen LogP contribution in [0.4, 0.5) is 0 Å². The maximum absolute atomic E-state index is 11.8. The fourth-order valence-electron chi connectivity index (χ4n) is 3.72.